The van der Waals surface area contributed by atoms with Crippen LogP contribution in [-0.4, -0.2) is 11.2 Å². The third-order valence-electron chi connectivity index (χ3n) is 3.95. The molecule has 1 N–H and O–H groups in total. The van der Waals surface area contributed by atoms with Crippen LogP contribution in [0.25, 0.3) is 0 Å². The zero-order valence-corrected chi connectivity index (χ0v) is 13.4. The lowest BCUT2D eigenvalue weighted by molar-refractivity contribution is 0.0872. The lowest BCUT2D eigenvalue weighted by Gasteiger charge is -2.28. The Hall–Kier alpha value is -0.300. The fraction of sp³-hybridized carbons (Fsp3) is 0.882. The van der Waals surface area contributed by atoms with Crippen molar-refractivity contribution in [1.29, 1.82) is 0 Å². The van der Waals surface area contributed by atoms with Gasteiger partial charge >= 0.3 is 0 Å². The highest BCUT2D eigenvalue weighted by Gasteiger charge is 2.40. The summed E-state index contributed by atoms with van der Waals surface area (Å²) in [6.45, 7) is 13.2. The molecule has 0 radical (unpaired) electrons. The molecule has 0 aromatic carbocycles. The maximum Gasteiger partial charge on any atom is 0.0573 e. The van der Waals surface area contributed by atoms with E-state index >= 15 is 0 Å². The van der Waals surface area contributed by atoms with E-state index in [-0.39, 0.29) is 6.10 Å². The first-order chi connectivity index (χ1) is 8.38. The summed E-state index contributed by atoms with van der Waals surface area (Å²) in [4.78, 5) is 0. The Morgan fingerprint density at radius 3 is 2.22 bits per heavy atom. The number of hydrogen-bond donors (Lipinski definition) is 1. The minimum absolute atomic E-state index is 0.0607. The summed E-state index contributed by atoms with van der Waals surface area (Å²) >= 11 is 0. The number of rotatable bonds is 4. The summed E-state index contributed by atoms with van der Waals surface area (Å²) in [6, 6.07) is 0. The van der Waals surface area contributed by atoms with Crippen molar-refractivity contribution in [3.8, 4) is 0 Å². The fourth-order valence-corrected chi connectivity index (χ4v) is 2.84. The molecule has 2 atom stereocenters. The first-order valence-electron chi connectivity index (χ1n) is 7.72. The predicted molar refractivity (Wildman–Crippen MR) is 81.8 cm³/mol. The smallest absolute Gasteiger partial charge is 0.0573 e. The van der Waals surface area contributed by atoms with E-state index in [1.54, 1.807) is 0 Å². The highest BCUT2D eigenvalue weighted by molar-refractivity contribution is 5.00. The standard InChI is InChI=1S/C14H26O.C3H8/c1-5-6-11(2)7-8-12-13(15)9-10-14(12,3)4;1-3-2/h6,12-13,15H,5,7-10H2,1-4H3;3H2,1-2H3/b11-6-;. The van der Waals surface area contributed by atoms with Gasteiger partial charge in [0.05, 0.1) is 6.10 Å². The van der Waals surface area contributed by atoms with Crippen molar-refractivity contribution < 1.29 is 5.11 Å². The molecule has 1 saturated carbocycles. The molecule has 1 fully saturated rings. The van der Waals surface area contributed by atoms with Crippen LogP contribution in [-0.2, 0) is 0 Å². The van der Waals surface area contributed by atoms with Gasteiger partial charge in [-0.2, -0.15) is 0 Å². The second kappa shape index (κ2) is 8.74. The molecule has 1 aliphatic carbocycles. The normalized spacial score (nSPS) is 26.7. The van der Waals surface area contributed by atoms with Crippen LogP contribution in [0.1, 0.15) is 80.1 Å². The van der Waals surface area contributed by atoms with Crippen LogP contribution in [0.3, 0.4) is 0 Å². The molecule has 108 valence electrons. The first-order valence-corrected chi connectivity index (χ1v) is 7.72. The van der Waals surface area contributed by atoms with Crippen LogP contribution < -0.4 is 0 Å². The van der Waals surface area contributed by atoms with Gasteiger partial charge < -0.3 is 5.11 Å². The van der Waals surface area contributed by atoms with Crippen molar-refractivity contribution in [1.82, 2.24) is 0 Å². The van der Waals surface area contributed by atoms with E-state index in [2.05, 4.69) is 47.6 Å². The van der Waals surface area contributed by atoms with Crippen LogP contribution in [0.4, 0.5) is 0 Å². The van der Waals surface area contributed by atoms with E-state index in [0.717, 1.165) is 25.7 Å². The second-order valence-corrected chi connectivity index (χ2v) is 6.41. The average Bonchev–Trinajstić information content (AvgIpc) is 2.52. The molecule has 0 aromatic rings. The van der Waals surface area contributed by atoms with Crippen molar-refractivity contribution in [3.63, 3.8) is 0 Å². The van der Waals surface area contributed by atoms with E-state index < -0.39 is 0 Å². The number of aliphatic hydroxyl groups excluding tert-OH is 1. The molecular weight excluding hydrogens is 220 g/mol. The Kier molecular flexibility index (Phi) is 8.60. The van der Waals surface area contributed by atoms with Crippen LogP contribution in [0, 0.1) is 11.3 Å². The molecule has 0 bridgehead atoms. The summed E-state index contributed by atoms with van der Waals surface area (Å²) in [5, 5.41) is 9.95. The highest BCUT2D eigenvalue weighted by atomic mass is 16.3. The largest absolute Gasteiger partial charge is 0.393 e. The second-order valence-electron chi connectivity index (χ2n) is 6.41. The fourth-order valence-electron chi connectivity index (χ4n) is 2.84. The van der Waals surface area contributed by atoms with Crippen LogP contribution in [0.15, 0.2) is 11.6 Å². The van der Waals surface area contributed by atoms with Gasteiger partial charge in [-0.1, -0.05) is 52.7 Å². The molecule has 1 rings (SSSR count). The average molecular weight is 254 g/mol. The summed E-state index contributed by atoms with van der Waals surface area (Å²) < 4.78 is 0. The van der Waals surface area contributed by atoms with E-state index in [4.69, 9.17) is 0 Å². The monoisotopic (exact) mass is 254 g/mol. The topological polar surface area (TPSA) is 20.2 Å². The molecular formula is C17H34O. The highest BCUT2D eigenvalue weighted by Crippen LogP contribution is 2.45. The Morgan fingerprint density at radius 2 is 1.83 bits per heavy atom. The van der Waals surface area contributed by atoms with Crippen molar-refractivity contribution in [2.45, 2.75) is 86.2 Å². The zero-order chi connectivity index (χ0) is 14.2. The Morgan fingerprint density at radius 1 is 1.28 bits per heavy atom. The first kappa shape index (κ1) is 17.7. The van der Waals surface area contributed by atoms with Crippen LogP contribution in [0.2, 0.25) is 0 Å². The van der Waals surface area contributed by atoms with Crippen LogP contribution >= 0.6 is 0 Å². The Balaban J connectivity index is 0.000000873. The summed E-state index contributed by atoms with van der Waals surface area (Å²) in [6.07, 6.45) is 9.09. The quantitative estimate of drug-likeness (QED) is 0.672. The predicted octanol–water partition coefficient (Wildman–Crippen LogP) is 5.34. The van der Waals surface area contributed by atoms with Gasteiger partial charge in [-0.25, -0.2) is 0 Å². The van der Waals surface area contributed by atoms with Gasteiger partial charge in [-0.05, 0) is 50.4 Å². The maximum atomic E-state index is 9.95. The minimum atomic E-state index is -0.0607. The molecule has 1 aliphatic rings. The number of allylic oxidation sites excluding steroid dienone is 2. The maximum absolute atomic E-state index is 9.95. The third kappa shape index (κ3) is 6.04. The third-order valence-corrected chi connectivity index (χ3v) is 3.95. The molecule has 0 spiro atoms. The van der Waals surface area contributed by atoms with Gasteiger partial charge in [-0.3, -0.25) is 0 Å². The molecule has 2 unspecified atom stereocenters. The molecule has 18 heavy (non-hydrogen) atoms. The molecule has 0 aliphatic heterocycles. The van der Waals surface area contributed by atoms with E-state index in [0.29, 0.717) is 11.3 Å². The van der Waals surface area contributed by atoms with Gasteiger partial charge in [0, 0.05) is 0 Å². The van der Waals surface area contributed by atoms with Crippen molar-refractivity contribution in [2.75, 3.05) is 0 Å². The van der Waals surface area contributed by atoms with Gasteiger partial charge in [0.2, 0.25) is 0 Å². The van der Waals surface area contributed by atoms with Gasteiger partial charge in [0.15, 0.2) is 0 Å². The molecule has 0 heterocycles. The number of hydrogen-bond acceptors (Lipinski definition) is 1. The van der Waals surface area contributed by atoms with E-state index in [1.807, 2.05) is 0 Å². The summed E-state index contributed by atoms with van der Waals surface area (Å²) in [7, 11) is 0. The Labute approximate surface area is 115 Å². The summed E-state index contributed by atoms with van der Waals surface area (Å²) in [5.74, 6) is 0.498. The van der Waals surface area contributed by atoms with Gasteiger partial charge in [-0.15, -0.1) is 0 Å². The van der Waals surface area contributed by atoms with Crippen molar-refractivity contribution in [2.24, 2.45) is 11.3 Å². The minimum Gasteiger partial charge on any atom is -0.393 e. The van der Waals surface area contributed by atoms with Gasteiger partial charge in [0.1, 0.15) is 0 Å². The molecule has 1 heteroatoms. The lowest BCUT2D eigenvalue weighted by atomic mass is 9.78. The number of aliphatic hydroxyl groups is 1. The lowest BCUT2D eigenvalue weighted by Crippen LogP contribution is -2.25. The van der Waals surface area contributed by atoms with Gasteiger partial charge in [0.25, 0.3) is 0 Å². The Bertz CT molecular complexity index is 240. The zero-order valence-electron chi connectivity index (χ0n) is 13.4. The molecule has 0 saturated heterocycles. The molecule has 1 nitrogen and oxygen atoms in total. The van der Waals surface area contributed by atoms with E-state index in [9.17, 15) is 5.11 Å². The summed E-state index contributed by atoms with van der Waals surface area (Å²) in [5.41, 5.74) is 1.82. The molecule has 0 aromatic heterocycles. The molecule has 0 amide bonds. The SMILES string of the molecule is CC/C=C(/C)CCC1C(O)CCC1(C)C.CCC. The van der Waals surface area contributed by atoms with Crippen molar-refractivity contribution >= 4 is 0 Å². The van der Waals surface area contributed by atoms with Crippen molar-refractivity contribution in [3.05, 3.63) is 11.6 Å². The van der Waals surface area contributed by atoms with E-state index in [1.165, 1.54) is 18.4 Å². The van der Waals surface area contributed by atoms with Crippen LogP contribution in [0.5, 0.6) is 0 Å².